The molecule has 0 radical (unpaired) electrons. The summed E-state index contributed by atoms with van der Waals surface area (Å²) in [6.45, 7) is 2.05. The Morgan fingerprint density at radius 1 is 1.32 bits per heavy atom. The van der Waals surface area contributed by atoms with Crippen molar-refractivity contribution in [2.24, 2.45) is 0 Å². The van der Waals surface area contributed by atoms with Crippen molar-refractivity contribution < 1.29 is 19.7 Å². The molecule has 2 N–H and O–H groups in total. The van der Waals surface area contributed by atoms with Crippen LogP contribution in [0, 0.1) is 11.3 Å². The van der Waals surface area contributed by atoms with Gasteiger partial charge in [-0.2, -0.15) is 5.26 Å². The van der Waals surface area contributed by atoms with E-state index in [1.165, 1.54) is 0 Å². The van der Waals surface area contributed by atoms with Gasteiger partial charge < -0.3 is 19.8 Å². The summed E-state index contributed by atoms with van der Waals surface area (Å²) in [5, 5.41) is 30.7. The van der Waals surface area contributed by atoms with Crippen molar-refractivity contribution in [2.75, 3.05) is 37.8 Å². The molecule has 1 unspecified atom stereocenters. The second kappa shape index (κ2) is 9.12. The molecule has 2 aromatic rings. The number of hydrogen-bond acceptors (Lipinski definition) is 6. The first-order valence-corrected chi connectivity index (χ1v) is 10.2. The molecule has 1 aromatic carbocycles. The molecule has 1 aliphatic heterocycles. The highest BCUT2D eigenvalue weighted by Gasteiger charge is 2.32. The third-order valence-corrected chi connectivity index (χ3v) is 6.64. The molecular formula is C19H18Cl2N2O4S. The van der Waals surface area contributed by atoms with E-state index in [2.05, 4.69) is 6.07 Å². The number of ether oxygens (including phenoxy) is 1. The minimum Gasteiger partial charge on any atom is -0.477 e. The quantitative estimate of drug-likeness (QED) is 0.705. The highest BCUT2D eigenvalue weighted by Crippen LogP contribution is 2.44. The molecule has 2 heterocycles. The summed E-state index contributed by atoms with van der Waals surface area (Å²) in [6, 6.07) is 7.22. The van der Waals surface area contributed by atoms with Gasteiger partial charge in [-0.1, -0.05) is 29.3 Å². The van der Waals surface area contributed by atoms with Gasteiger partial charge in [-0.05, 0) is 24.1 Å². The fourth-order valence-corrected chi connectivity index (χ4v) is 4.87. The number of hydrogen-bond donors (Lipinski definition) is 2. The van der Waals surface area contributed by atoms with Crippen LogP contribution in [0.25, 0.3) is 0 Å². The van der Waals surface area contributed by atoms with Crippen molar-refractivity contribution in [3.8, 4) is 6.07 Å². The molecule has 1 saturated heterocycles. The molecule has 0 bridgehead atoms. The average Bonchev–Trinajstić information content (AvgIpc) is 3.08. The predicted octanol–water partition coefficient (Wildman–Crippen LogP) is 3.98. The van der Waals surface area contributed by atoms with E-state index in [1.807, 2.05) is 4.90 Å². The van der Waals surface area contributed by atoms with Crippen molar-refractivity contribution in [2.45, 2.75) is 12.3 Å². The van der Waals surface area contributed by atoms with Gasteiger partial charge in [0.2, 0.25) is 0 Å². The lowest BCUT2D eigenvalue weighted by atomic mass is 9.86. The fraction of sp³-hybridized carbons (Fsp3) is 0.368. The molecule has 6 nitrogen and oxygen atoms in total. The van der Waals surface area contributed by atoms with Gasteiger partial charge in [-0.3, -0.25) is 0 Å². The number of halogens is 2. The molecule has 1 atom stereocenters. The van der Waals surface area contributed by atoms with E-state index in [0.29, 0.717) is 58.0 Å². The Bertz CT molecular complexity index is 919. The standard InChI is InChI=1S/C19H18Cl2N2O4S/c20-14-2-1-11(9-15(14)21)12(3-6-24)16-13(10-22)18(28-17(16)19(25)26)23-4-7-27-8-5-23/h1-2,9,12,24H,3-8H2,(H,25,26). The Kier molecular flexibility index (Phi) is 6.81. The molecule has 148 valence electrons. The number of aromatic carboxylic acids is 1. The van der Waals surface area contributed by atoms with Crippen LogP contribution in [0.2, 0.25) is 10.0 Å². The summed E-state index contributed by atoms with van der Waals surface area (Å²) < 4.78 is 5.36. The van der Waals surface area contributed by atoms with Crippen LogP contribution < -0.4 is 4.90 Å². The minimum absolute atomic E-state index is 0.0996. The lowest BCUT2D eigenvalue weighted by Crippen LogP contribution is -2.36. The van der Waals surface area contributed by atoms with Gasteiger partial charge in [0.15, 0.2) is 0 Å². The van der Waals surface area contributed by atoms with Crippen LogP contribution in [-0.2, 0) is 4.74 Å². The Balaban J connectivity index is 2.18. The molecule has 3 rings (SSSR count). The second-order valence-corrected chi connectivity index (χ2v) is 8.09. The SMILES string of the molecule is N#Cc1c(N2CCOCC2)sc(C(=O)O)c1C(CCO)c1ccc(Cl)c(Cl)c1. The first-order valence-electron chi connectivity index (χ1n) is 8.66. The van der Waals surface area contributed by atoms with Crippen LogP contribution in [0.3, 0.4) is 0 Å². The van der Waals surface area contributed by atoms with Crippen LogP contribution in [0.1, 0.15) is 38.7 Å². The number of anilines is 1. The summed E-state index contributed by atoms with van der Waals surface area (Å²) >= 11 is 13.3. The Hall–Kier alpha value is -1.82. The van der Waals surface area contributed by atoms with Gasteiger partial charge in [-0.15, -0.1) is 11.3 Å². The molecule has 9 heteroatoms. The van der Waals surface area contributed by atoms with Crippen molar-refractivity contribution in [1.82, 2.24) is 0 Å². The zero-order chi connectivity index (χ0) is 20.3. The smallest absolute Gasteiger partial charge is 0.346 e. The normalized spacial score (nSPS) is 15.3. The van der Waals surface area contributed by atoms with Crippen molar-refractivity contribution >= 4 is 45.5 Å². The van der Waals surface area contributed by atoms with Gasteiger partial charge in [0, 0.05) is 31.2 Å². The van der Waals surface area contributed by atoms with Gasteiger partial charge in [0.25, 0.3) is 0 Å². The molecular weight excluding hydrogens is 423 g/mol. The zero-order valence-corrected chi connectivity index (χ0v) is 17.1. The monoisotopic (exact) mass is 440 g/mol. The third-order valence-electron chi connectivity index (χ3n) is 4.64. The predicted molar refractivity (Wildman–Crippen MR) is 109 cm³/mol. The molecule has 0 aliphatic carbocycles. The molecule has 28 heavy (non-hydrogen) atoms. The molecule has 1 aliphatic rings. The Morgan fingerprint density at radius 3 is 2.61 bits per heavy atom. The summed E-state index contributed by atoms with van der Waals surface area (Å²) in [5.74, 6) is -1.59. The van der Waals surface area contributed by atoms with E-state index in [1.54, 1.807) is 18.2 Å². The van der Waals surface area contributed by atoms with Crippen molar-refractivity contribution in [1.29, 1.82) is 5.26 Å². The highest BCUT2D eigenvalue weighted by atomic mass is 35.5. The Morgan fingerprint density at radius 2 is 2.04 bits per heavy atom. The number of aliphatic hydroxyl groups excluding tert-OH is 1. The largest absolute Gasteiger partial charge is 0.477 e. The average molecular weight is 441 g/mol. The maximum Gasteiger partial charge on any atom is 0.346 e. The van der Waals surface area contributed by atoms with Gasteiger partial charge in [0.05, 0.1) is 28.8 Å². The number of carboxylic acid groups (broad SMARTS) is 1. The number of carbonyl (C=O) groups is 1. The summed E-state index contributed by atoms with van der Waals surface area (Å²) in [4.78, 5) is 14.1. The van der Waals surface area contributed by atoms with E-state index in [4.69, 9.17) is 27.9 Å². The van der Waals surface area contributed by atoms with E-state index in [0.717, 1.165) is 11.3 Å². The van der Waals surface area contributed by atoms with Crippen LogP contribution in [0.15, 0.2) is 18.2 Å². The van der Waals surface area contributed by atoms with E-state index in [-0.39, 0.29) is 17.9 Å². The van der Waals surface area contributed by atoms with Crippen molar-refractivity contribution in [3.63, 3.8) is 0 Å². The molecule has 0 spiro atoms. The molecule has 1 aromatic heterocycles. The maximum atomic E-state index is 12.0. The minimum atomic E-state index is -1.10. The maximum absolute atomic E-state index is 12.0. The Labute approximate surface area is 176 Å². The van der Waals surface area contributed by atoms with Gasteiger partial charge in [-0.25, -0.2) is 4.79 Å². The topological polar surface area (TPSA) is 93.8 Å². The molecule has 1 fully saturated rings. The summed E-state index contributed by atoms with van der Waals surface area (Å²) in [5.41, 5.74) is 1.44. The number of aliphatic hydroxyl groups is 1. The zero-order valence-electron chi connectivity index (χ0n) is 14.8. The van der Waals surface area contributed by atoms with Crippen LogP contribution in [0.4, 0.5) is 5.00 Å². The third kappa shape index (κ3) is 4.12. The fourth-order valence-electron chi connectivity index (χ4n) is 3.36. The van der Waals surface area contributed by atoms with E-state index < -0.39 is 11.9 Å². The molecule has 0 amide bonds. The van der Waals surface area contributed by atoms with Crippen LogP contribution >= 0.6 is 34.5 Å². The number of morpholine rings is 1. The lowest BCUT2D eigenvalue weighted by molar-refractivity contribution is 0.0700. The van der Waals surface area contributed by atoms with Gasteiger partial charge in [0.1, 0.15) is 15.9 Å². The number of benzene rings is 1. The number of carboxylic acids is 1. The number of rotatable bonds is 6. The highest BCUT2D eigenvalue weighted by molar-refractivity contribution is 7.18. The summed E-state index contributed by atoms with van der Waals surface area (Å²) in [7, 11) is 0. The second-order valence-electron chi connectivity index (χ2n) is 6.28. The van der Waals surface area contributed by atoms with Crippen LogP contribution in [-0.4, -0.2) is 49.1 Å². The number of thiophene rings is 1. The van der Waals surface area contributed by atoms with E-state index >= 15 is 0 Å². The number of nitrogens with zero attached hydrogens (tertiary/aromatic N) is 2. The number of nitriles is 1. The first-order chi connectivity index (χ1) is 13.5. The first kappa shape index (κ1) is 20.9. The molecule has 0 saturated carbocycles. The lowest BCUT2D eigenvalue weighted by Gasteiger charge is -2.28. The van der Waals surface area contributed by atoms with Gasteiger partial charge >= 0.3 is 5.97 Å². The van der Waals surface area contributed by atoms with E-state index in [9.17, 15) is 20.3 Å². The summed E-state index contributed by atoms with van der Waals surface area (Å²) in [6.07, 6.45) is 0.256. The van der Waals surface area contributed by atoms with Crippen molar-refractivity contribution in [3.05, 3.63) is 49.8 Å². The van der Waals surface area contributed by atoms with Crippen LogP contribution in [0.5, 0.6) is 0 Å².